The van der Waals surface area contributed by atoms with Gasteiger partial charge >= 0.3 is 0 Å². The lowest BCUT2D eigenvalue weighted by Gasteiger charge is -2.34. The third kappa shape index (κ3) is 8.68. The molecule has 1 atom stereocenters. The number of unbranched alkanes of at least 4 members (excludes halogenated alkanes) is 4. The Morgan fingerprint density at radius 1 is 0.894 bits per heavy atom. The molecule has 4 aromatic rings. The first kappa shape index (κ1) is 44.7. The van der Waals surface area contributed by atoms with Crippen LogP contribution in [0.2, 0.25) is 0 Å². The van der Waals surface area contributed by atoms with Crippen molar-refractivity contribution in [1.82, 2.24) is 39.6 Å². The molecule has 5 aliphatic rings. The summed E-state index contributed by atoms with van der Waals surface area (Å²) in [6.45, 7) is 4.98. The minimum absolute atomic E-state index is 0.0182. The number of benzene rings is 2. The van der Waals surface area contributed by atoms with E-state index in [0.29, 0.717) is 74.7 Å². The van der Waals surface area contributed by atoms with Crippen LogP contribution in [0.3, 0.4) is 0 Å². The zero-order valence-corrected chi connectivity index (χ0v) is 37.5. The SMILES string of the molecule is CC(=O)N1CCc2c(c(N3CCCc4cc(-c5cnn(C)c5)c(C(F)F)cc43)nn2C2CCN(C(=O)CCCCCCCNc3cccc4c3C(=O)N(C3CCC(=O)NC3=O)C4=O)CC2)C1. The molecular weight excluding hydrogens is 851 g/mol. The molecule has 1 unspecified atom stereocenters. The van der Waals surface area contributed by atoms with Crippen molar-refractivity contribution in [2.75, 3.05) is 42.9 Å². The van der Waals surface area contributed by atoms with E-state index in [9.17, 15) is 37.5 Å². The van der Waals surface area contributed by atoms with E-state index in [-0.39, 0.29) is 47.4 Å². The highest BCUT2D eigenvalue weighted by molar-refractivity contribution is 6.25. The maximum Gasteiger partial charge on any atom is 0.264 e. The number of alkyl halides is 2. The van der Waals surface area contributed by atoms with E-state index in [1.54, 1.807) is 55.3 Å². The number of nitrogens with one attached hydrogen (secondary N) is 2. The Kier molecular flexibility index (Phi) is 12.7. The van der Waals surface area contributed by atoms with Gasteiger partial charge in [-0.25, -0.2) is 8.78 Å². The standard InChI is InChI=1S/C48H56F2N10O6/c1-29(61)57-23-18-38-36(28-57)45(58-20-9-10-30-24-34(31-26-52-55(2)27-31)35(44(49)50)25-40(30)58)54-60(38)32-16-21-56(22-17-32)42(63)13-6-4-3-5-7-19-51-37-12-8-11-33-43(37)48(66)59(47(33)65)39-14-15-41(62)53-46(39)64/h8,11-12,24-27,32,39,44,51H,3-7,9-10,13-23,28H2,1-2H3,(H,53,62,64). The first-order valence-corrected chi connectivity index (χ1v) is 23.3. The van der Waals surface area contributed by atoms with E-state index < -0.39 is 36.1 Å². The van der Waals surface area contributed by atoms with E-state index >= 15 is 0 Å². The van der Waals surface area contributed by atoms with Crippen LogP contribution < -0.4 is 15.5 Å². The molecule has 16 nitrogen and oxygen atoms in total. The van der Waals surface area contributed by atoms with Crippen LogP contribution in [0.1, 0.15) is 133 Å². The van der Waals surface area contributed by atoms with Crippen molar-refractivity contribution < 1.29 is 37.5 Å². The van der Waals surface area contributed by atoms with Crippen molar-refractivity contribution in [2.45, 2.75) is 115 Å². The maximum atomic E-state index is 14.7. The van der Waals surface area contributed by atoms with E-state index in [2.05, 4.69) is 25.3 Å². The summed E-state index contributed by atoms with van der Waals surface area (Å²) in [5, 5.41) is 15.0. The van der Waals surface area contributed by atoms with Gasteiger partial charge in [0.05, 0.1) is 29.9 Å². The Morgan fingerprint density at radius 2 is 1.68 bits per heavy atom. The van der Waals surface area contributed by atoms with Crippen LogP contribution in [0.4, 0.5) is 26.0 Å². The van der Waals surface area contributed by atoms with Gasteiger partial charge in [-0.3, -0.25) is 48.3 Å². The van der Waals surface area contributed by atoms with E-state index in [4.69, 9.17) is 5.10 Å². The Hall–Kier alpha value is -6.46. The Morgan fingerprint density at radius 3 is 2.42 bits per heavy atom. The number of fused-ring (bicyclic) bond motifs is 3. The average Bonchev–Trinajstić information content (AvgIpc) is 3.99. The fraction of sp³-hybridized carbons (Fsp3) is 0.500. The van der Waals surface area contributed by atoms with Gasteiger partial charge in [0.25, 0.3) is 18.2 Å². The van der Waals surface area contributed by atoms with Gasteiger partial charge in [-0.05, 0) is 80.3 Å². The molecular formula is C48H56F2N10O6. The van der Waals surface area contributed by atoms with Crippen molar-refractivity contribution in [3.63, 3.8) is 0 Å². The average molecular weight is 907 g/mol. The Balaban J connectivity index is 0.772. The topological polar surface area (TPSA) is 175 Å². The molecule has 2 N–H and O–H groups in total. The second-order valence-corrected chi connectivity index (χ2v) is 18.1. The van der Waals surface area contributed by atoms with Crippen LogP contribution >= 0.6 is 0 Å². The van der Waals surface area contributed by atoms with E-state index in [0.717, 1.165) is 85.2 Å². The van der Waals surface area contributed by atoms with Crippen molar-refractivity contribution in [2.24, 2.45) is 7.05 Å². The van der Waals surface area contributed by atoms with Crippen LogP contribution in [0.25, 0.3) is 11.1 Å². The van der Waals surface area contributed by atoms with Gasteiger partial charge in [0.1, 0.15) is 6.04 Å². The van der Waals surface area contributed by atoms with Crippen molar-refractivity contribution in [3.05, 3.63) is 76.2 Å². The van der Waals surface area contributed by atoms with Gasteiger partial charge in [-0.1, -0.05) is 25.3 Å². The number of piperidine rings is 2. The molecule has 5 aliphatic heterocycles. The molecule has 2 aromatic carbocycles. The van der Waals surface area contributed by atoms with E-state index in [1.807, 2.05) is 15.9 Å². The summed E-state index contributed by atoms with van der Waals surface area (Å²) in [5.74, 6) is -1.29. The number of amides is 6. The third-order valence-corrected chi connectivity index (χ3v) is 13.9. The normalized spacial score (nSPS) is 18.8. The van der Waals surface area contributed by atoms with Gasteiger partial charge in [0, 0.05) is 106 Å². The molecule has 0 spiro atoms. The summed E-state index contributed by atoms with van der Waals surface area (Å²) in [4.78, 5) is 83.5. The predicted octanol–water partition coefficient (Wildman–Crippen LogP) is 6.23. The molecule has 348 valence electrons. The van der Waals surface area contributed by atoms with Crippen molar-refractivity contribution in [1.29, 1.82) is 0 Å². The Labute approximate surface area is 381 Å². The number of carbonyl (C=O) groups is 6. The summed E-state index contributed by atoms with van der Waals surface area (Å²) in [6, 6.07) is 7.58. The lowest BCUT2D eigenvalue weighted by atomic mass is 9.92. The molecule has 0 radical (unpaired) electrons. The van der Waals surface area contributed by atoms with Gasteiger partial charge in [-0.15, -0.1) is 0 Å². The second kappa shape index (κ2) is 18.8. The molecule has 66 heavy (non-hydrogen) atoms. The fourth-order valence-electron chi connectivity index (χ4n) is 10.4. The summed E-state index contributed by atoms with van der Waals surface area (Å²) in [7, 11) is 1.77. The number of aromatic nitrogens is 4. The lowest BCUT2D eigenvalue weighted by Crippen LogP contribution is -2.54. The van der Waals surface area contributed by atoms with Crippen LogP contribution in [0.15, 0.2) is 42.7 Å². The smallest absolute Gasteiger partial charge is 0.264 e. The maximum absolute atomic E-state index is 14.7. The van der Waals surface area contributed by atoms with Crippen LogP contribution in [0.5, 0.6) is 0 Å². The summed E-state index contributed by atoms with van der Waals surface area (Å²) in [5.41, 5.74) is 5.84. The number of hydrogen-bond donors (Lipinski definition) is 2. The molecule has 0 saturated carbocycles. The fourth-order valence-corrected chi connectivity index (χ4v) is 10.4. The monoisotopic (exact) mass is 906 g/mol. The summed E-state index contributed by atoms with van der Waals surface area (Å²) in [6.07, 6.45) is 9.36. The van der Waals surface area contributed by atoms with Gasteiger partial charge < -0.3 is 20.0 Å². The van der Waals surface area contributed by atoms with Crippen molar-refractivity contribution >= 4 is 52.6 Å². The molecule has 2 fully saturated rings. The predicted molar refractivity (Wildman–Crippen MR) is 240 cm³/mol. The molecule has 9 rings (SSSR count). The number of hydrogen-bond acceptors (Lipinski definition) is 10. The third-order valence-electron chi connectivity index (χ3n) is 13.9. The van der Waals surface area contributed by atoms with Gasteiger partial charge in [0.15, 0.2) is 5.82 Å². The molecule has 2 aromatic heterocycles. The highest BCUT2D eigenvalue weighted by Gasteiger charge is 2.45. The van der Waals surface area contributed by atoms with Gasteiger partial charge in [-0.2, -0.15) is 10.2 Å². The zero-order valence-electron chi connectivity index (χ0n) is 37.5. The van der Waals surface area contributed by atoms with E-state index in [1.165, 1.54) is 0 Å². The van der Waals surface area contributed by atoms with Crippen LogP contribution in [0, 0.1) is 0 Å². The van der Waals surface area contributed by atoms with Crippen LogP contribution in [-0.4, -0.2) is 108 Å². The van der Waals surface area contributed by atoms with Crippen molar-refractivity contribution in [3.8, 4) is 11.1 Å². The summed E-state index contributed by atoms with van der Waals surface area (Å²) >= 11 is 0. The highest BCUT2D eigenvalue weighted by Crippen LogP contribution is 2.44. The molecule has 0 bridgehead atoms. The largest absolute Gasteiger partial charge is 0.384 e. The minimum Gasteiger partial charge on any atom is -0.384 e. The number of aryl methyl sites for hydroxylation is 2. The number of nitrogens with zero attached hydrogens (tertiary/aromatic N) is 8. The number of anilines is 3. The minimum atomic E-state index is -2.69. The first-order valence-electron chi connectivity index (χ1n) is 23.3. The second-order valence-electron chi connectivity index (χ2n) is 18.1. The van der Waals surface area contributed by atoms with Gasteiger partial charge in [0.2, 0.25) is 23.6 Å². The summed E-state index contributed by atoms with van der Waals surface area (Å²) < 4.78 is 33.1. The molecule has 7 heterocycles. The number of likely N-dealkylation sites (tertiary alicyclic amines) is 1. The Bertz CT molecular complexity index is 2580. The lowest BCUT2D eigenvalue weighted by molar-refractivity contribution is -0.136. The number of imide groups is 2. The highest BCUT2D eigenvalue weighted by atomic mass is 19.3. The molecule has 18 heteroatoms. The number of halogens is 2. The zero-order chi connectivity index (χ0) is 46.2. The first-order chi connectivity index (χ1) is 31.9. The number of carbonyl (C=O) groups excluding carboxylic acids is 6. The quantitative estimate of drug-likeness (QED) is 0.109. The molecule has 6 amide bonds. The molecule has 0 aliphatic carbocycles. The van der Waals surface area contributed by atoms with Crippen LogP contribution in [-0.2, 0) is 45.6 Å². The molecule has 2 saturated heterocycles. The number of rotatable bonds is 14.